The van der Waals surface area contributed by atoms with Crippen molar-refractivity contribution in [2.24, 2.45) is 5.92 Å². The minimum absolute atomic E-state index is 0.0342. The van der Waals surface area contributed by atoms with Crippen molar-refractivity contribution >= 4 is 5.91 Å². The number of carbonyl (C=O) groups excluding carboxylic acids is 1. The summed E-state index contributed by atoms with van der Waals surface area (Å²) in [7, 11) is 0. The molecule has 0 bridgehead atoms. The lowest BCUT2D eigenvalue weighted by atomic mass is 9.90. The first kappa shape index (κ1) is 11.9. The van der Waals surface area contributed by atoms with Gasteiger partial charge < -0.3 is 15.7 Å². The normalized spacial score (nSPS) is 32.1. The summed E-state index contributed by atoms with van der Waals surface area (Å²) >= 11 is 0. The van der Waals surface area contributed by atoms with Crippen LogP contribution in [-0.2, 0) is 4.79 Å². The molecule has 1 saturated carbocycles. The summed E-state index contributed by atoms with van der Waals surface area (Å²) in [6.45, 7) is 3.26. The Labute approximate surface area is 96.8 Å². The summed E-state index contributed by atoms with van der Waals surface area (Å²) in [5, 5.41) is 15.8. The van der Waals surface area contributed by atoms with Gasteiger partial charge in [0.2, 0.25) is 5.91 Å². The SMILES string of the molecule is CC1(C(=O)NCC(O)C2CC2)CCCCN1. The van der Waals surface area contributed by atoms with Crippen LogP contribution in [0.1, 0.15) is 39.0 Å². The van der Waals surface area contributed by atoms with Crippen molar-refractivity contribution in [3.8, 4) is 0 Å². The van der Waals surface area contributed by atoms with Crippen molar-refractivity contribution in [3.63, 3.8) is 0 Å². The van der Waals surface area contributed by atoms with Crippen molar-refractivity contribution in [3.05, 3.63) is 0 Å². The molecule has 1 saturated heterocycles. The van der Waals surface area contributed by atoms with E-state index in [4.69, 9.17) is 0 Å². The Morgan fingerprint density at radius 1 is 1.56 bits per heavy atom. The van der Waals surface area contributed by atoms with Gasteiger partial charge in [0.25, 0.3) is 0 Å². The summed E-state index contributed by atoms with van der Waals surface area (Å²) in [4.78, 5) is 12.0. The van der Waals surface area contributed by atoms with Crippen molar-refractivity contribution in [1.29, 1.82) is 0 Å². The third-order valence-corrected chi connectivity index (χ3v) is 3.76. The van der Waals surface area contributed by atoms with Gasteiger partial charge in [0.1, 0.15) is 0 Å². The molecule has 2 atom stereocenters. The molecular weight excluding hydrogens is 204 g/mol. The van der Waals surface area contributed by atoms with Crippen molar-refractivity contribution in [2.45, 2.75) is 50.7 Å². The Hall–Kier alpha value is -0.610. The fourth-order valence-electron chi connectivity index (χ4n) is 2.29. The third kappa shape index (κ3) is 2.74. The highest BCUT2D eigenvalue weighted by atomic mass is 16.3. The molecule has 2 fully saturated rings. The lowest BCUT2D eigenvalue weighted by molar-refractivity contribution is -0.128. The van der Waals surface area contributed by atoms with Crippen LogP contribution in [0.3, 0.4) is 0 Å². The van der Waals surface area contributed by atoms with E-state index in [1.165, 1.54) is 0 Å². The molecule has 2 rings (SSSR count). The van der Waals surface area contributed by atoms with E-state index in [1.54, 1.807) is 0 Å². The molecule has 2 aliphatic rings. The maximum atomic E-state index is 12.0. The second-order valence-corrected chi connectivity index (χ2v) is 5.33. The minimum atomic E-state index is -0.429. The summed E-state index contributed by atoms with van der Waals surface area (Å²) in [6.07, 6.45) is 4.99. The fraction of sp³-hybridized carbons (Fsp3) is 0.917. The zero-order chi connectivity index (χ0) is 11.6. The van der Waals surface area contributed by atoms with Gasteiger partial charge in [0.15, 0.2) is 0 Å². The molecule has 16 heavy (non-hydrogen) atoms. The molecule has 1 heterocycles. The van der Waals surface area contributed by atoms with Crippen LogP contribution in [0.4, 0.5) is 0 Å². The van der Waals surface area contributed by atoms with Gasteiger partial charge in [-0.05, 0) is 51.5 Å². The smallest absolute Gasteiger partial charge is 0.240 e. The lowest BCUT2D eigenvalue weighted by Crippen LogP contribution is -2.57. The molecule has 2 unspecified atom stereocenters. The number of amides is 1. The van der Waals surface area contributed by atoms with Crippen LogP contribution in [0.25, 0.3) is 0 Å². The fourth-order valence-corrected chi connectivity index (χ4v) is 2.29. The zero-order valence-electron chi connectivity index (χ0n) is 9.96. The number of piperidine rings is 1. The quantitative estimate of drug-likeness (QED) is 0.650. The predicted molar refractivity (Wildman–Crippen MR) is 62.0 cm³/mol. The van der Waals surface area contributed by atoms with Crippen LogP contribution < -0.4 is 10.6 Å². The molecule has 4 nitrogen and oxygen atoms in total. The highest BCUT2D eigenvalue weighted by molar-refractivity contribution is 5.86. The van der Waals surface area contributed by atoms with Crippen LogP contribution >= 0.6 is 0 Å². The first-order valence-electron chi connectivity index (χ1n) is 6.33. The van der Waals surface area contributed by atoms with Gasteiger partial charge in [0, 0.05) is 6.54 Å². The Morgan fingerprint density at radius 2 is 2.31 bits per heavy atom. The Kier molecular flexibility index (Phi) is 3.50. The van der Waals surface area contributed by atoms with Crippen molar-refractivity contribution in [2.75, 3.05) is 13.1 Å². The number of hydrogen-bond donors (Lipinski definition) is 3. The lowest BCUT2D eigenvalue weighted by Gasteiger charge is -2.33. The average molecular weight is 226 g/mol. The van der Waals surface area contributed by atoms with E-state index in [0.717, 1.165) is 38.6 Å². The van der Waals surface area contributed by atoms with Crippen LogP contribution in [0, 0.1) is 5.92 Å². The summed E-state index contributed by atoms with van der Waals surface area (Å²) in [5.41, 5.74) is -0.429. The number of hydrogen-bond acceptors (Lipinski definition) is 3. The molecule has 1 aliphatic carbocycles. The number of aliphatic hydroxyl groups is 1. The van der Waals surface area contributed by atoms with E-state index in [-0.39, 0.29) is 12.0 Å². The summed E-state index contributed by atoms with van der Waals surface area (Å²) in [5.74, 6) is 0.458. The van der Waals surface area contributed by atoms with Crippen molar-refractivity contribution in [1.82, 2.24) is 10.6 Å². The van der Waals surface area contributed by atoms with E-state index < -0.39 is 5.54 Å². The monoisotopic (exact) mass is 226 g/mol. The minimum Gasteiger partial charge on any atom is -0.391 e. The summed E-state index contributed by atoms with van der Waals surface area (Å²) < 4.78 is 0. The molecule has 0 aromatic rings. The van der Waals surface area contributed by atoms with Gasteiger partial charge in [0.05, 0.1) is 11.6 Å². The number of nitrogens with one attached hydrogen (secondary N) is 2. The van der Waals surface area contributed by atoms with Crippen LogP contribution in [0.2, 0.25) is 0 Å². The molecule has 0 aromatic carbocycles. The molecule has 0 aromatic heterocycles. The van der Waals surface area contributed by atoms with Crippen LogP contribution in [-0.4, -0.2) is 35.7 Å². The highest BCUT2D eigenvalue weighted by Crippen LogP contribution is 2.32. The largest absolute Gasteiger partial charge is 0.391 e. The van der Waals surface area contributed by atoms with Gasteiger partial charge >= 0.3 is 0 Å². The first-order valence-corrected chi connectivity index (χ1v) is 6.33. The maximum absolute atomic E-state index is 12.0. The molecule has 0 spiro atoms. The molecular formula is C12H22N2O2. The van der Waals surface area contributed by atoms with E-state index in [0.29, 0.717) is 12.5 Å². The van der Waals surface area contributed by atoms with E-state index in [2.05, 4.69) is 10.6 Å². The first-order chi connectivity index (χ1) is 7.62. The van der Waals surface area contributed by atoms with Crippen LogP contribution in [0.15, 0.2) is 0 Å². The van der Waals surface area contributed by atoms with E-state index in [1.807, 2.05) is 6.92 Å². The summed E-state index contributed by atoms with van der Waals surface area (Å²) in [6, 6.07) is 0. The standard InChI is InChI=1S/C12H22N2O2/c1-12(6-2-3-7-14-12)11(16)13-8-10(15)9-4-5-9/h9-10,14-15H,2-8H2,1H3,(H,13,16). The number of aliphatic hydroxyl groups excluding tert-OH is 1. The molecule has 0 radical (unpaired) electrons. The van der Waals surface area contributed by atoms with Crippen LogP contribution in [0.5, 0.6) is 0 Å². The molecule has 4 heteroatoms. The van der Waals surface area contributed by atoms with Gasteiger partial charge in [-0.15, -0.1) is 0 Å². The molecule has 1 aliphatic heterocycles. The van der Waals surface area contributed by atoms with E-state index in [9.17, 15) is 9.90 Å². The Bertz CT molecular complexity index is 258. The molecule has 1 amide bonds. The zero-order valence-corrected chi connectivity index (χ0v) is 9.96. The maximum Gasteiger partial charge on any atom is 0.240 e. The predicted octanol–water partition coefficient (Wildman–Crippen LogP) is 0.406. The number of rotatable bonds is 4. The van der Waals surface area contributed by atoms with Gasteiger partial charge in [-0.25, -0.2) is 0 Å². The Morgan fingerprint density at radius 3 is 2.88 bits per heavy atom. The average Bonchev–Trinajstić information content (AvgIpc) is 3.10. The topological polar surface area (TPSA) is 61.4 Å². The van der Waals surface area contributed by atoms with Gasteiger partial charge in [-0.1, -0.05) is 0 Å². The van der Waals surface area contributed by atoms with E-state index >= 15 is 0 Å². The molecule has 92 valence electrons. The third-order valence-electron chi connectivity index (χ3n) is 3.76. The Balaban J connectivity index is 1.77. The molecule has 3 N–H and O–H groups in total. The number of carbonyl (C=O) groups is 1. The second-order valence-electron chi connectivity index (χ2n) is 5.33. The van der Waals surface area contributed by atoms with Crippen molar-refractivity contribution < 1.29 is 9.90 Å². The van der Waals surface area contributed by atoms with Gasteiger partial charge in [-0.3, -0.25) is 4.79 Å². The second kappa shape index (κ2) is 4.72. The van der Waals surface area contributed by atoms with Gasteiger partial charge in [-0.2, -0.15) is 0 Å². The highest BCUT2D eigenvalue weighted by Gasteiger charge is 2.35.